The lowest BCUT2D eigenvalue weighted by Gasteiger charge is -2.13. The van der Waals surface area contributed by atoms with E-state index >= 15 is 0 Å². The second-order valence-corrected chi connectivity index (χ2v) is 7.46. The number of anilines is 1. The molecule has 1 fully saturated rings. The van der Waals surface area contributed by atoms with Crippen LogP contribution < -0.4 is 9.64 Å². The first-order valence-corrected chi connectivity index (χ1v) is 9.53. The number of carbonyl (C=O) groups excluding carboxylic acids is 2. The Balaban J connectivity index is 1.49. The van der Waals surface area contributed by atoms with Crippen LogP contribution in [0.5, 0.6) is 5.75 Å². The van der Waals surface area contributed by atoms with Crippen LogP contribution >= 0.6 is 24.0 Å². The summed E-state index contributed by atoms with van der Waals surface area (Å²) in [5, 5.41) is 0. The number of hydrogen-bond acceptors (Lipinski definition) is 6. The van der Waals surface area contributed by atoms with Gasteiger partial charge in [-0.05, 0) is 48.0 Å². The molecular weight excluding hydrogens is 394 g/mol. The van der Waals surface area contributed by atoms with E-state index in [1.54, 1.807) is 36.4 Å². The standard InChI is InChI=1S/C21H13NO4S2/c23-19-18(28-21(27)22(19)15-5-2-1-3-6-15)13-14-8-10-16(11-9-14)26-20(24)17-7-4-12-25-17/h1-13H/b18-13+. The molecule has 0 spiro atoms. The summed E-state index contributed by atoms with van der Waals surface area (Å²) in [5.41, 5.74) is 1.54. The van der Waals surface area contributed by atoms with E-state index in [2.05, 4.69) is 0 Å². The third-order valence-electron chi connectivity index (χ3n) is 3.92. The largest absolute Gasteiger partial charge is 0.457 e. The molecule has 0 N–H and O–H groups in total. The molecule has 1 aromatic heterocycles. The van der Waals surface area contributed by atoms with Gasteiger partial charge in [0.15, 0.2) is 4.32 Å². The van der Waals surface area contributed by atoms with Crippen molar-refractivity contribution in [2.45, 2.75) is 0 Å². The molecule has 1 saturated heterocycles. The molecule has 7 heteroatoms. The fourth-order valence-corrected chi connectivity index (χ4v) is 3.90. The quantitative estimate of drug-likeness (QED) is 0.265. The van der Waals surface area contributed by atoms with Crippen LogP contribution in [0.15, 0.2) is 82.3 Å². The van der Waals surface area contributed by atoms with Crippen LogP contribution in [-0.2, 0) is 4.79 Å². The van der Waals surface area contributed by atoms with Crippen LogP contribution in [0.1, 0.15) is 16.1 Å². The average Bonchev–Trinajstić information content (AvgIpc) is 3.33. The number of amides is 1. The van der Waals surface area contributed by atoms with Crippen molar-refractivity contribution in [2.24, 2.45) is 0 Å². The molecule has 0 aliphatic carbocycles. The lowest BCUT2D eigenvalue weighted by atomic mass is 10.2. The Bertz CT molecular complexity index is 1060. The van der Waals surface area contributed by atoms with E-state index in [0.717, 1.165) is 11.3 Å². The van der Waals surface area contributed by atoms with E-state index in [1.165, 1.54) is 29.0 Å². The lowest BCUT2D eigenvalue weighted by Crippen LogP contribution is -2.27. The maximum absolute atomic E-state index is 12.7. The van der Waals surface area contributed by atoms with Crippen molar-refractivity contribution in [3.05, 3.63) is 89.2 Å². The predicted molar refractivity (Wildman–Crippen MR) is 112 cm³/mol. The molecule has 1 amide bonds. The van der Waals surface area contributed by atoms with E-state index in [9.17, 15) is 9.59 Å². The van der Waals surface area contributed by atoms with Crippen molar-refractivity contribution in [2.75, 3.05) is 4.90 Å². The number of nitrogens with zero attached hydrogens (tertiary/aromatic N) is 1. The summed E-state index contributed by atoms with van der Waals surface area (Å²) in [4.78, 5) is 26.7. The van der Waals surface area contributed by atoms with Crippen LogP contribution in [0.25, 0.3) is 6.08 Å². The molecule has 0 atom stereocenters. The van der Waals surface area contributed by atoms with Crippen molar-refractivity contribution in [1.82, 2.24) is 0 Å². The zero-order chi connectivity index (χ0) is 19.5. The third kappa shape index (κ3) is 3.76. The number of benzene rings is 2. The van der Waals surface area contributed by atoms with Crippen LogP contribution in [0.3, 0.4) is 0 Å². The normalized spacial score (nSPS) is 15.3. The van der Waals surface area contributed by atoms with Crippen molar-refractivity contribution in [1.29, 1.82) is 0 Å². The highest BCUT2D eigenvalue weighted by atomic mass is 32.2. The van der Waals surface area contributed by atoms with Crippen molar-refractivity contribution in [3.8, 4) is 5.75 Å². The second kappa shape index (κ2) is 7.84. The fourth-order valence-electron chi connectivity index (χ4n) is 2.60. The van der Waals surface area contributed by atoms with Crippen LogP contribution in [0.4, 0.5) is 5.69 Å². The summed E-state index contributed by atoms with van der Waals surface area (Å²) in [6.07, 6.45) is 3.17. The van der Waals surface area contributed by atoms with Gasteiger partial charge in [0.25, 0.3) is 5.91 Å². The van der Waals surface area contributed by atoms with E-state index < -0.39 is 5.97 Å². The number of rotatable bonds is 4. The molecular formula is C21H13NO4S2. The topological polar surface area (TPSA) is 59.8 Å². The summed E-state index contributed by atoms with van der Waals surface area (Å²) >= 11 is 6.62. The van der Waals surface area contributed by atoms with E-state index in [0.29, 0.717) is 15.0 Å². The first kappa shape index (κ1) is 18.2. The minimum absolute atomic E-state index is 0.133. The minimum Gasteiger partial charge on any atom is -0.457 e. The van der Waals surface area contributed by atoms with Gasteiger partial charge in [-0.25, -0.2) is 4.79 Å². The summed E-state index contributed by atoms with van der Waals surface area (Å²) < 4.78 is 10.7. The molecule has 28 heavy (non-hydrogen) atoms. The molecule has 5 nitrogen and oxygen atoms in total. The maximum atomic E-state index is 12.7. The first-order valence-electron chi connectivity index (χ1n) is 8.30. The lowest BCUT2D eigenvalue weighted by molar-refractivity contribution is -0.113. The van der Waals surface area contributed by atoms with Gasteiger partial charge in [-0.2, -0.15) is 0 Å². The smallest absolute Gasteiger partial charge is 0.379 e. The number of thioether (sulfide) groups is 1. The number of carbonyl (C=O) groups is 2. The molecule has 4 rings (SSSR count). The van der Waals surface area contributed by atoms with Gasteiger partial charge >= 0.3 is 5.97 Å². The molecule has 1 aliphatic heterocycles. The number of esters is 1. The number of thiocarbonyl (C=S) groups is 1. The molecule has 2 heterocycles. The Kier molecular flexibility index (Phi) is 5.10. The molecule has 0 radical (unpaired) electrons. The van der Waals surface area contributed by atoms with Gasteiger partial charge in [-0.15, -0.1) is 0 Å². The molecule has 3 aromatic rings. The zero-order valence-electron chi connectivity index (χ0n) is 14.4. The highest BCUT2D eigenvalue weighted by Crippen LogP contribution is 2.36. The Hall–Kier alpha value is -3.16. The van der Waals surface area contributed by atoms with Gasteiger partial charge in [0.2, 0.25) is 5.76 Å². The number of hydrogen-bond donors (Lipinski definition) is 0. The highest BCUT2D eigenvalue weighted by Gasteiger charge is 2.33. The third-order valence-corrected chi connectivity index (χ3v) is 5.22. The van der Waals surface area contributed by atoms with E-state index in [1.807, 2.05) is 30.3 Å². The molecule has 1 aliphatic rings. The summed E-state index contributed by atoms with van der Waals surface area (Å²) in [5.74, 6) is -0.208. The van der Waals surface area contributed by atoms with Gasteiger partial charge in [-0.1, -0.05) is 54.3 Å². The molecule has 138 valence electrons. The fraction of sp³-hybridized carbons (Fsp3) is 0. The number of ether oxygens (including phenoxy) is 1. The summed E-state index contributed by atoms with van der Waals surface area (Å²) in [7, 11) is 0. The summed E-state index contributed by atoms with van der Waals surface area (Å²) in [6.45, 7) is 0. The minimum atomic E-state index is -0.568. The van der Waals surface area contributed by atoms with Crippen LogP contribution in [-0.4, -0.2) is 16.2 Å². The Labute approximate surface area is 170 Å². The Morgan fingerprint density at radius 2 is 1.79 bits per heavy atom. The highest BCUT2D eigenvalue weighted by molar-refractivity contribution is 8.27. The van der Waals surface area contributed by atoms with Crippen molar-refractivity contribution < 1.29 is 18.7 Å². The number of furan rings is 1. The first-order chi connectivity index (χ1) is 13.6. The monoisotopic (exact) mass is 407 g/mol. The van der Waals surface area contributed by atoms with Crippen molar-refractivity contribution in [3.63, 3.8) is 0 Å². The molecule has 0 unspecified atom stereocenters. The molecule has 2 aromatic carbocycles. The van der Waals surface area contributed by atoms with Crippen molar-refractivity contribution >= 4 is 51.9 Å². The van der Waals surface area contributed by atoms with E-state index in [-0.39, 0.29) is 11.7 Å². The average molecular weight is 407 g/mol. The van der Waals surface area contributed by atoms with Crippen LogP contribution in [0.2, 0.25) is 0 Å². The zero-order valence-corrected chi connectivity index (χ0v) is 16.0. The SMILES string of the molecule is O=C(Oc1ccc(/C=C2/SC(=S)N(c3ccccc3)C2=O)cc1)c1ccco1. The molecule has 0 saturated carbocycles. The van der Waals surface area contributed by atoms with Crippen LogP contribution in [0, 0.1) is 0 Å². The van der Waals surface area contributed by atoms with Gasteiger partial charge in [0, 0.05) is 0 Å². The second-order valence-electron chi connectivity index (χ2n) is 5.79. The van der Waals surface area contributed by atoms with Gasteiger partial charge in [0.05, 0.1) is 16.9 Å². The number of para-hydroxylation sites is 1. The van der Waals surface area contributed by atoms with E-state index in [4.69, 9.17) is 21.4 Å². The van der Waals surface area contributed by atoms with Gasteiger partial charge in [-0.3, -0.25) is 9.69 Å². The van der Waals surface area contributed by atoms with Gasteiger partial charge < -0.3 is 9.15 Å². The maximum Gasteiger partial charge on any atom is 0.379 e. The summed E-state index contributed by atoms with van der Waals surface area (Å²) in [6, 6.07) is 19.3. The predicted octanol–water partition coefficient (Wildman–Crippen LogP) is 4.90. The molecule has 0 bridgehead atoms. The Morgan fingerprint density at radius 3 is 2.46 bits per heavy atom. The Morgan fingerprint density at radius 1 is 1.04 bits per heavy atom. The van der Waals surface area contributed by atoms with Gasteiger partial charge in [0.1, 0.15) is 5.75 Å².